The maximum atomic E-state index is 13.5. The lowest BCUT2D eigenvalue weighted by atomic mass is 9.83. The number of nitrogens with two attached hydrogens (primary N) is 1. The smallest absolute Gasteiger partial charge is 0.124 e. The Morgan fingerprint density at radius 2 is 1.90 bits per heavy atom. The summed E-state index contributed by atoms with van der Waals surface area (Å²) >= 11 is 3.34. The first-order valence-electron chi connectivity index (χ1n) is 7.90. The maximum Gasteiger partial charge on any atom is 0.124 e. The molecule has 0 saturated heterocycles. The van der Waals surface area contributed by atoms with E-state index in [4.69, 9.17) is 10.5 Å². The first-order chi connectivity index (χ1) is 10.1. The summed E-state index contributed by atoms with van der Waals surface area (Å²) < 4.78 is 20.4. The molecule has 1 saturated carbocycles. The molecule has 1 aromatic rings. The van der Waals surface area contributed by atoms with Gasteiger partial charge in [0.1, 0.15) is 5.82 Å². The summed E-state index contributed by atoms with van der Waals surface area (Å²) in [6.07, 6.45) is 7.52. The van der Waals surface area contributed by atoms with E-state index in [2.05, 4.69) is 15.9 Å². The molecule has 0 heterocycles. The zero-order valence-electron chi connectivity index (χ0n) is 12.7. The Hall–Kier alpha value is -0.450. The van der Waals surface area contributed by atoms with E-state index in [1.54, 1.807) is 6.07 Å². The first-order valence-corrected chi connectivity index (χ1v) is 8.69. The van der Waals surface area contributed by atoms with Gasteiger partial charge < -0.3 is 10.5 Å². The van der Waals surface area contributed by atoms with Crippen molar-refractivity contribution in [3.63, 3.8) is 0 Å². The number of hydrogen-bond donors (Lipinski definition) is 1. The van der Waals surface area contributed by atoms with E-state index >= 15 is 0 Å². The van der Waals surface area contributed by atoms with Crippen LogP contribution in [0.1, 0.15) is 51.0 Å². The predicted octanol–water partition coefficient (Wildman–Crippen LogP) is 4.59. The molecule has 21 heavy (non-hydrogen) atoms. The lowest BCUT2D eigenvalue weighted by molar-refractivity contribution is -0.0683. The SMILES string of the molecule is CCOC1(C(N)Cc2cc(F)cc(Br)c2)CCCCCC1. The van der Waals surface area contributed by atoms with Gasteiger partial charge in [-0.1, -0.05) is 41.6 Å². The second-order valence-electron chi connectivity index (χ2n) is 6.00. The van der Waals surface area contributed by atoms with E-state index in [9.17, 15) is 4.39 Å². The van der Waals surface area contributed by atoms with Crippen molar-refractivity contribution in [1.82, 2.24) is 0 Å². The van der Waals surface area contributed by atoms with Crippen LogP contribution in [0.2, 0.25) is 0 Å². The van der Waals surface area contributed by atoms with Crippen LogP contribution in [-0.2, 0) is 11.2 Å². The third kappa shape index (κ3) is 4.51. The molecule has 0 amide bonds. The molecule has 1 atom stereocenters. The van der Waals surface area contributed by atoms with E-state index in [0.29, 0.717) is 13.0 Å². The van der Waals surface area contributed by atoms with Crippen molar-refractivity contribution < 1.29 is 9.13 Å². The molecule has 0 spiro atoms. The Labute approximate surface area is 135 Å². The number of ether oxygens (including phenoxy) is 1. The van der Waals surface area contributed by atoms with Crippen molar-refractivity contribution in [1.29, 1.82) is 0 Å². The van der Waals surface area contributed by atoms with Gasteiger partial charge in [-0.3, -0.25) is 0 Å². The quantitative estimate of drug-likeness (QED) is 0.782. The van der Waals surface area contributed by atoms with Crippen LogP contribution in [0.5, 0.6) is 0 Å². The number of halogens is 2. The van der Waals surface area contributed by atoms with Gasteiger partial charge in [0.15, 0.2) is 0 Å². The number of hydrogen-bond acceptors (Lipinski definition) is 2. The molecule has 1 fully saturated rings. The van der Waals surface area contributed by atoms with Crippen LogP contribution in [0.15, 0.2) is 22.7 Å². The lowest BCUT2D eigenvalue weighted by Crippen LogP contribution is -2.51. The monoisotopic (exact) mass is 357 g/mol. The van der Waals surface area contributed by atoms with Crippen LogP contribution in [0.3, 0.4) is 0 Å². The Balaban J connectivity index is 2.15. The summed E-state index contributed by atoms with van der Waals surface area (Å²) in [5.74, 6) is -0.224. The highest BCUT2D eigenvalue weighted by Gasteiger charge is 2.37. The van der Waals surface area contributed by atoms with Crippen molar-refractivity contribution in [2.45, 2.75) is 63.5 Å². The lowest BCUT2D eigenvalue weighted by Gasteiger charge is -2.38. The van der Waals surface area contributed by atoms with Gasteiger partial charge in [-0.05, 0) is 49.9 Å². The number of rotatable bonds is 5. The second-order valence-corrected chi connectivity index (χ2v) is 6.92. The van der Waals surface area contributed by atoms with Crippen LogP contribution in [-0.4, -0.2) is 18.2 Å². The molecule has 2 rings (SSSR count). The van der Waals surface area contributed by atoms with Gasteiger partial charge in [-0.25, -0.2) is 4.39 Å². The summed E-state index contributed by atoms with van der Waals surface area (Å²) in [7, 11) is 0. The van der Waals surface area contributed by atoms with Crippen LogP contribution < -0.4 is 5.73 Å². The molecule has 0 bridgehead atoms. The molecule has 1 unspecified atom stereocenters. The summed E-state index contributed by atoms with van der Waals surface area (Å²) in [5.41, 5.74) is 7.19. The van der Waals surface area contributed by atoms with E-state index in [-0.39, 0.29) is 17.5 Å². The summed E-state index contributed by atoms with van der Waals surface area (Å²) in [6.45, 7) is 2.71. The van der Waals surface area contributed by atoms with Gasteiger partial charge >= 0.3 is 0 Å². The van der Waals surface area contributed by atoms with Crippen molar-refractivity contribution in [2.24, 2.45) is 5.73 Å². The van der Waals surface area contributed by atoms with Gasteiger partial charge in [-0.15, -0.1) is 0 Å². The molecular weight excluding hydrogens is 333 g/mol. The van der Waals surface area contributed by atoms with Crippen LogP contribution in [0.25, 0.3) is 0 Å². The van der Waals surface area contributed by atoms with E-state index in [1.807, 2.05) is 13.0 Å². The minimum atomic E-state index is -0.246. The Bertz CT molecular complexity index is 438. The van der Waals surface area contributed by atoms with E-state index < -0.39 is 0 Å². The minimum absolute atomic E-state index is 0.0933. The van der Waals surface area contributed by atoms with Gasteiger partial charge in [0.2, 0.25) is 0 Å². The molecule has 2 N–H and O–H groups in total. The highest BCUT2D eigenvalue weighted by molar-refractivity contribution is 9.10. The zero-order valence-corrected chi connectivity index (χ0v) is 14.3. The zero-order chi connectivity index (χ0) is 15.3. The highest BCUT2D eigenvalue weighted by atomic mass is 79.9. The summed E-state index contributed by atoms with van der Waals surface area (Å²) in [4.78, 5) is 0. The van der Waals surface area contributed by atoms with Crippen molar-refractivity contribution >= 4 is 15.9 Å². The fraction of sp³-hybridized carbons (Fsp3) is 0.647. The fourth-order valence-electron chi connectivity index (χ4n) is 3.41. The molecule has 0 aliphatic heterocycles. The van der Waals surface area contributed by atoms with Gasteiger partial charge in [-0.2, -0.15) is 0 Å². The highest BCUT2D eigenvalue weighted by Crippen LogP contribution is 2.34. The average molecular weight is 358 g/mol. The molecule has 1 aromatic carbocycles. The topological polar surface area (TPSA) is 35.2 Å². The standard InChI is InChI=1S/C17H25BrFNO/c1-2-21-17(7-5-3-4-6-8-17)16(20)11-13-9-14(18)12-15(19)10-13/h9-10,12,16H,2-8,11,20H2,1H3. The predicted molar refractivity (Wildman–Crippen MR) is 87.8 cm³/mol. The fourth-order valence-corrected chi connectivity index (χ4v) is 3.92. The molecule has 118 valence electrons. The van der Waals surface area contributed by atoms with Crippen LogP contribution in [0, 0.1) is 5.82 Å². The summed E-state index contributed by atoms with van der Waals surface area (Å²) in [6, 6.07) is 4.89. The van der Waals surface area contributed by atoms with Gasteiger partial charge in [0.05, 0.1) is 5.60 Å². The molecule has 4 heteroatoms. The molecule has 2 nitrogen and oxygen atoms in total. The molecule has 0 radical (unpaired) electrons. The Morgan fingerprint density at radius 1 is 1.24 bits per heavy atom. The van der Waals surface area contributed by atoms with E-state index in [1.165, 1.54) is 31.7 Å². The maximum absolute atomic E-state index is 13.5. The number of benzene rings is 1. The Kier molecular flexibility index (Phi) is 6.20. The van der Waals surface area contributed by atoms with Gasteiger partial charge in [0, 0.05) is 17.1 Å². The van der Waals surface area contributed by atoms with Crippen molar-refractivity contribution in [3.05, 3.63) is 34.1 Å². The molecule has 1 aliphatic rings. The van der Waals surface area contributed by atoms with Gasteiger partial charge in [0.25, 0.3) is 0 Å². The summed E-state index contributed by atoms with van der Waals surface area (Å²) in [5, 5.41) is 0. The normalized spacial score (nSPS) is 20.0. The second kappa shape index (κ2) is 7.70. The average Bonchev–Trinajstić information content (AvgIpc) is 2.64. The first kappa shape index (κ1) is 16.9. The van der Waals surface area contributed by atoms with E-state index in [0.717, 1.165) is 22.9 Å². The van der Waals surface area contributed by atoms with Crippen molar-refractivity contribution in [2.75, 3.05) is 6.61 Å². The minimum Gasteiger partial charge on any atom is -0.374 e. The molecule has 1 aliphatic carbocycles. The van der Waals surface area contributed by atoms with Crippen LogP contribution >= 0.6 is 15.9 Å². The largest absolute Gasteiger partial charge is 0.374 e. The third-order valence-corrected chi connectivity index (χ3v) is 4.89. The third-order valence-electron chi connectivity index (χ3n) is 4.44. The molecule has 0 aromatic heterocycles. The Morgan fingerprint density at radius 3 is 2.48 bits per heavy atom. The van der Waals surface area contributed by atoms with Crippen molar-refractivity contribution in [3.8, 4) is 0 Å². The van der Waals surface area contributed by atoms with Crippen LogP contribution in [0.4, 0.5) is 4.39 Å². The molecular formula is C17H25BrFNO.